The quantitative estimate of drug-likeness (QED) is 0.189. The lowest BCUT2D eigenvalue weighted by Gasteiger charge is -2.27. The number of benzene rings is 4. The lowest BCUT2D eigenvalue weighted by Crippen LogP contribution is -2.18. The van der Waals surface area contributed by atoms with Crippen LogP contribution in [0, 0.1) is 0 Å². The maximum absolute atomic E-state index is 12.8. The largest absolute Gasteiger partial charge is 0.427 e. The van der Waals surface area contributed by atoms with Crippen molar-refractivity contribution in [1.29, 1.82) is 0 Å². The van der Waals surface area contributed by atoms with E-state index >= 15 is 0 Å². The van der Waals surface area contributed by atoms with Crippen molar-refractivity contribution in [2.24, 2.45) is 0 Å². The van der Waals surface area contributed by atoms with Gasteiger partial charge < -0.3 is 18.1 Å². The molecule has 2 unspecified atom stereocenters. The van der Waals surface area contributed by atoms with Crippen LogP contribution in [0.25, 0.3) is 0 Å². The Morgan fingerprint density at radius 2 is 0.730 bits per heavy atom. The molecule has 0 N–H and O–H groups in total. The number of hydrogen-bond acceptors (Lipinski definition) is 6. The number of para-hydroxylation sites is 2. The van der Waals surface area contributed by atoms with Gasteiger partial charge in [-0.05, 0) is 59.7 Å². The average Bonchev–Trinajstić information content (AvgIpc) is 2.85. The van der Waals surface area contributed by atoms with Crippen molar-refractivity contribution in [3.63, 3.8) is 0 Å². The fourth-order valence-electron chi connectivity index (χ4n) is 3.80. The fraction of sp³-hybridized carbons (Fsp3) is 0.172. The standard InChI is InChI=1S/C29H30O6P2/c1-29(2,23-15-19-27(20-16-23)34-36(3,30)32-25-11-7-5-8-12-25)24-17-21-28(22-18-24)35-37(4,31)33-26-13-9-6-10-14-26/h5-22H,1-4H3. The maximum Gasteiger partial charge on any atom is 0.427 e. The topological polar surface area (TPSA) is 71.1 Å². The number of hydrogen-bond donors (Lipinski definition) is 0. The van der Waals surface area contributed by atoms with Crippen LogP contribution >= 0.6 is 15.2 Å². The van der Waals surface area contributed by atoms with E-state index < -0.39 is 15.2 Å². The van der Waals surface area contributed by atoms with E-state index in [1.165, 1.54) is 13.3 Å². The lowest BCUT2D eigenvalue weighted by molar-refractivity contribution is 0.392. The molecular formula is C29H30O6P2. The molecule has 0 aliphatic rings. The van der Waals surface area contributed by atoms with Crippen molar-refractivity contribution in [3.8, 4) is 23.0 Å². The molecule has 8 heteroatoms. The van der Waals surface area contributed by atoms with Gasteiger partial charge in [0.25, 0.3) is 0 Å². The summed E-state index contributed by atoms with van der Waals surface area (Å²) in [7, 11) is -6.69. The molecule has 37 heavy (non-hydrogen) atoms. The minimum atomic E-state index is -3.34. The van der Waals surface area contributed by atoms with Gasteiger partial charge in [0.15, 0.2) is 0 Å². The van der Waals surface area contributed by atoms with Gasteiger partial charge in [-0.1, -0.05) is 74.5 Å². The highest BCUT2D eigenvalue weighted by Crippen LogP contribution is 2.46. The van der Waals surface area contributed by atoms with Crippen LogP contribution in [0.4, 0.5) is 0 Å². The molecule has 0 saturated heterocycles. The molecule has 0 spiro atoms. The molecule has 4 aromatic carbocycles. The zero-order valence-electron chi connectivity index (χ0n) is 21.2. The smallest absolute Gasteiger partial charge is 0.416 e. The third kappa shape index (κ3) is 7.29. The van der Waals surface area contributed by atoms with Crippen molar-refractivity contribution >= 4 is 15.2 Å². The van der Waals surface area contributed by atoms with Gasteiger partial charge in [-0.2, -0.15) is 0 Å². The highest BCUT2D eigenvalue weighted by Gasteiger charge is 2.26. The van der Waals surface area contributed by atoms with E-state index in [1.54, 1.807) is 48.5 Å². The molecule has 0 bridgehead atoms. The highest BCUT2D eigenvalue weighted by molar-refractivity contribution is 7.54. The van der Waals surface area contributed by atoms with Crippen molar-refractivity contribution in [2.75, 3.05) is 13.3 Å². The second-order valence-corrected chi connectivity index (χ2v) is 13.0. The summed E-state index contributed by atoms with van der Waals surface area (Å²) in [6.07, 6.45) is 0. The Morgan fingerprint density at radius 3 is 1.03 bits per heavy atom. The first-order valence-corrected chi connectivity index (χ1v) is 15.8. The summed E-state index contributed by atoms with van der Waals surface area (Å²) in [5, 5.41) is 0. The number of rotatable bonds is 10. The predicted octanol–water partition coefficient (Wildman–Crippen LogP) is 8.57. The molecule has 0 saturated carbocycles. The van der Waals surface area contributed by atoms with Gasteiger partial charge in [-0.3, -0.25) is 0 Å². The van der Waals surface area contributed by atoms with Gasteiger partial charge in [0, 0.05) is 5.41 Å². The lowest BCUT2D eigenvalue weighted by atomic mass is 9.78. The van der Waals surface area contributed by atoms with Gasteiger partial charge in [-0.15, -0.1) is 0 Å². The summed E-state index contributed by atoms with van der Waals surface area (Å²) in [4.78, 5) is 0. The Labute approximate surface area is 218 Å². The Balaban J connectivity index is 1.41. The molecule has 4 aromatic rings. The van der Waals surface area contributed by atoms with Crippen LogP contribution < -0.4 is 18.1 Å². The van der Waals surface area contributed by atoms with Crippen molar-refractivity contribution in [2.45, 2.75) is 19.3 Å². The SMILES string of the molecule is CC(C)(c1ccc(OP(C)(=O)Oc2ccccc2)cc1)c1ccc(OP(C)(=O)Oc2ccccc2)cc1. The van der Waals surface area contributed by atoms with Gasteiger partial charge in [0.1, 0.15) is 23.0 Å². The van der Waals surface area contributed by atoms with E-state index in [1.807, 2.05) is 60.7 Å². The van der Waals surface area contributed by atoms with E-state index in [0.29, 0.717) is 23.0 Å². The summed E-state index contributed by atoms with van der Waals surface area (Å²) in [6, 6.07) is 32.8. The van der Waals surface area contributed by atoms with E-state index in [9.17, 15) is 9.13 Å². The second kappa shape index (κ2) is 10.9. The molecule has 0 fully saturated rings. The van der Waals surface area contributed by atoms with Gasteiger partial charge in [0.2, 0.25) is 0 Å². The fourth-order valence-corrected chi connectivity index (χ4v) is 5.89. The third-order valence-electron chi connectivity index (χ3n) is 5.72. The van der Waals surface area contributed by atoms with Gasteiger partial charge in [0.05, 0.1) is 13.3 Å². The van der Waals surface area contributed by atoms with Crippen LogP contribution in [0.15, 0.2) is 109 Å². The second-order valence-electron chi connectivity index (χ2n) is 9.21. The average molecular weight is 537 g/mol. The van der Waals surface area contributed by atoms with Crippen LogP contribution in [0.2, 0.25) is 0 Å². The van der Waals surface area contributed by atoms with Crippen LogP contribution in [0.3, 0.4) is 0 Å². The molecule has 0 heterocycles. The van der Waals surface area contributed by atoms with Crippen molar-refractivity contribution in [3.05, 3.63) is 120 Å². The zero-order chi connectivity index (χ0) is 26.5. The first kappa shape index (κ1) is 26.6. The summed E-state index contributed by atoms with van der Waals surface area (Å²) in [5.41, 5.74) is 1.73. The summed E-state index contributed by atoms with van der Waals surface area (Å²) in [5.74, 6) is 1.90. The Morgan fingerprint density at radius 1 is 0.459 bits per heavy atom. The van der Waals surface area contributed by atoms with Crippen LogP contribution in [-0.2, 0) is 14.5 Å². The molecule has 0 radical (unpaired) electrons. The molecule has 0 aliphatic carbocycles. The maximum atomic E-state index is 12.8. The van der Waals surface area contributed by atoms with Gasteiger partial charge >= 0.3 is 15.2 Å². The van der Waals surface area contributed by atoms with E-state index in [0.717, 1.165) is 11.1 Å². The Bertz CT molecular complexity index is 1290. The molecule has 2 atom stereocenters. The minimum absolute atomic E-state index is 0.343. The zero-order valence-corrected chi connectivity index (χ0v) is 23.0. The highest BCUT2D eigenvalue weighted by atomic mass is 31.2. The van der Waals surface area contributed by atoms with Crippen molar-refractivity contribution in [1.82, 2.24) is 0 Å². The van der Waals surface area contributed by atoms with E-state index in [2.05, 4.69) is 13.8 Å². The molecular weight excluding hydrogens is 506 g/mol. The molecule has 0 aromatic heterocycles. The molecule has 192 valence electrons. The Hall–Kier alpha value is -3.46. The third-order valence-corrected chi connectivity index (χ3v) is 7.89. The molecule has 0 amide bonds. The molecule has 4 rings (SSSR count). The molecule has 0 aliphatic heterocycles. The minimum Gasteiger partial charge on any atom is -0.416 e. The first-order chi connectivity index (χ1) is 17.5. The van der Waals surface area contributed by atoms with Crippen LogP contribution in [-0.4, -0.2) is 13.3 Å². The van der Waals surface area contributed by atoms with Gasteiger partial charge in [-0.25, -0.2) is 9.13 Å². The normalized spacial score (nSPS) is 14.6. The molecule has 6 nitrogen and oxygen atoms in total. The summed E-state index contributed by atoms with van der Waals surface area (Å²) in [6.45, 7) is 7.10. The predicted molar refractivity (Wildman–Crippen MR) is 147 cm³/mol. The summed E-state index contributed by atoms with van der Waals surface area (Å²) < 4.78 is 48.0. The summed E-state index contributed by atoms with van der Waals surface area (Å²) >= 11 is 0. The van der Waals surface area contributed by atoms with E-state index in [4.69, 9.17) is 18.1 Å². The van der Waals surface area contributed by atoms with E-state index in [-0.39, 0.29) is 5.41 Å². The Kier molecular flexibility index (Phi) is 7.82. The van der Waals surface area contributed by atoms with Crippen LogP contribution in [0.1, 0.15) is 25.0 Å². The van der Waals surface area contributed by atoms with Crippen LogP contribution in [0.5, 0.6) is 23.0 Å². The first-order valence-electron chi connectivity index (χ1n) is 11.8. The monoisotopic (exact) mass is 536 g/mol. The van der Waals surface area contributed by atoms with Crippen molar-refractivity contribution < 1.29 is 27.2 Å².